The molecule has 1 fully saturated rings. The third kappa shape index (κ3) is 3.17. The first-order chi connectivity index (χ1) is 9.70. The highest BCUT2D eigenvalue weighted by atomic mass is 35.5. The van der Waals surface area contributed by atoms with Crippen molar-refractivity contribution >= 4 is 11.6 Å². The highest BCUT2D eigenvalue weighted by Crippen LogP contribution is 2.20. The molecule has 0 spiro atoms. The Morgan fingerprint density at radius 1 is 1.50 bits per heavy atom. The molecule has 1 N–H and O–H groups in total. The van der Waals surface area contributed by atoms with Crippen molar-refractivity contribution in [2.45, 2.75) is 19.5 Å². The molecule has 1 unspecified atom stereocenters. The van der Waals surface area contributed by atoms with Gasteiger partial charge >= 0.3 is 0 Å². The van der Waals surface area contributed by atoms with E-state index in [1.54, 1.807) is 0 Å². The Bertz CT molecular complexity index is 586. The molecule has 1 aromatic heterocycles. The molecule has 106 valence electrons. The lowest BCUT2D eigenvalue weighted by atomic mass is 10.2. The average molecular weight is 293 g/mol. The van der Waals surface area contributed by atoms with Gasteiger partial charge in [0, 0.05) is 36.3 Å². The summed E-state index contributed by atoms with van der Waals surface area (Å²) in [5.41, 5.74) is 0.876. The van der Waals surface area contributed by atoms with E-state index in [-0.39, 0.29) is 0 Å². The van der Waals surface area contributed by atoms with Gasteiger partial charge in [-0.25, -0.2) is 0 Å². The highest BCUT2D eigenvalue weighted by Gasteiger charge is 2.18. The molecule has 5 nitrogen and oxygen atoms in total. The van der Waals surface area contributed by atoms with Crippen LogP contribution in [-0.4, -0.2) is 40.7 Å². The summed E-state index contributed by atoms with van der Waals surface area (Å²) in [4.78, 5) is 6.76. The zero-order valence-corrected chi connectivity index (χ0v) is 12.1. The van der Waals surface area contributed by atoms with E-state index < -0.39 is 0 Å². The summed E-state index contributed by atoms with van der Waals surface area (Å²) in [5, 5.41) is 8.11. The molecule has 0 radical (unpaired) electrons. The fourth-order valence-corrected chi connectivity index (χ4v) is 2.60. The molecule has 1 aliphatic heterocycles. The lowest BCUT2D eigenvalue weighted by Crippen LogP contribution is -2.48. The first-order valence-electron chi connectivity index (χ1n) is 6.75. The number of benzene rings is 1. The first-order valence-corrected chi connectivity index (χ1v) is 7.13. The van der Waals surface area contributed by atoms with E-state index in [1.165, 1.54) is 0 Å². The van der Waals surface area contributed by atoms with Crippen molar-refractivity contribution in [2.24, 2.45) is 0 Å². The second-order valence-corrected chi connectivity index (χ2v) is 5.55. The molecular formula is C14H17ClN4O. The molecular weight excluding hydrogens is 276 g/mol. The first kappa shape index (κ1) is 13.5. The maximum Gasteiger partial charge on any atom is 0.241 e. The number of rotatable bonds is 3. The topological polar surface area (TPSA) is 54.2 Å². The minimum atomic E-state index is 0.499. The van der Waals surface area contributed by atoms with Crippen LogP contribution >= 0.6 is 11.6 Å². The van der Waals surface area contributed by atoms with E-state index in [4.69, 9.17) is 16.1 Å². The largest absolute Gasteiger partial charge is 0.338 e. The van der Waals surface area contributed by atoms with Crippen LogP contribution < -0.4 is 5.32 Å². The van der Waals surface area contributed by atoms with Gasteiger partial charge in [0.05, 0.1) is 6.54 Å². The summed E-state index contributed by atoms with van der Waals surface area (Å²) in [7, 11) is 0. The molecule has 2 aromatic rings. The summed E-state index contributed by atoms with van der Waals surface area (Å²) < 4.78 is 5.33. The Hall–Kier alpha value is -1.43. The Balaban J connectivity index is 1.70. The molecule has 0 bridgehead atoms. The lowest BCUT2D eigenvalue weighted by Gasteiger charge is -2.30. The van der Waals surface area contributed by atoms with Crippen molar-refractivity contribution in [3.63, 3.8) is 0 Å². The number of aromatic nitrogens is 2. The van der Waals surface area contributed by atoms with E-state index in [0.29, 0.717) is 29.3 Å². The predicted molar refractivity (Wildman–Crippen MR) is 77.5 cm³/mol. The standard InChI is InChI=1S/C14H17ClN4O/c1-10-8-19(6-5-16-10)9-13-17-14(18-20-13)11-3-2-4-12(15)7-11/h2-4,7,10,16H,5-6,8-9H2,1H3. The fourth-order valence-electron chi connectivity index (χ4n) is 2.41. The SMILES string of the molecule is CC1CN(Cc2nc(-c3cccc(Cl)c3)no2)CCN1. The van der Waals surface area contributed by atoms with Gasteiger partial charge in [0.1, 0.15) is 0 Å². The van der Waals surface area contributed by atoms with Gasteiger partial charge < -0.3 is 9.84 Å². The van der Waals surface area contributed by atoms with E-state index in [2.05, 4.69) is 27.3 Å². The van der Waals surface area contributed by atoms with Gasteiger partial charge in [0.2, 0.25) is 11.7 Å². The molecule has 3 rings (SSSR count). The van der Waals surface area contributed by atoms with Crippen LogP contribution in [0.5, 0.6) is 0 Å². The van der Waals surface area contributed by atoms with Gasteiger partial charge in [-0.3, -0.25) is 4.90 Å². The Labute approximate surface area is 122 Å². The normalized spacial score (nSPS) is 20.2. The molecule has 1 aliphatic rings. The summed E-state index contributed by atoms with van der Waals surface area (Å²) >= 11 is 5.97. The monoisotopic (exact) mass is 292 g/mol. The summed E-state index contributed by atoms with van der Waals surface area (Å²) in [6.07, 6.45) is 0. The zero-order valence-electron chi connectivity index (χ0n) is 11.3. The zero-order chi connectivity index (χ0) is 13.9. The van der Waals surface area contributed by atoms with Crippen LogP contribution in [-0.2, 0) is 6.54 Å². The van der Waals surface area contributed by atoms with Crippen molar-refractivity contribution in [3.05, 3.63) is 35.2 Å². The molecule has 1 saturated heterocycles. The smallest absolute Gasteiger partial charge is 0.241 e. The van der Waals surface area contributed by atoms with Crippen molar-refractivity contribution in [3.8, 4) is 11.4 Å². The van der Waals surface area contributed by atoms with Crippen LogP contribution in [0.1, 0.15) is 12.8 Å². The third-order valence-corrected chi connectivity index (χ3v) is 3.60. The number of hydrogen-bond donors (Lipinski definition) is 1. The molecule has 1 aromatic carbocycles. The maximum atomic E-state index is 5.97. The van der Waals surface area contributed by atoms with E-state index in [1.807, 2.05) is 24.3 Å². The number of halogens is 1. The minimum Gasteiger partial charge on any atom is -0.338 e. The summed E-state index contributed by atoms with van der Waals surface area (Å²) in [5.74, 6) is 1.24. The average Bonchev–Trinajstić information content (AvgIpc) is 2.87. The van der Waals surface area contributed by atoms with Crippen molar-refractivity contribution in [2.75, 3.05) is 19.6 Å². The van der Waals surface area contributed by atoms with Gasteiger partial charge in [-0.1, -0.05) is 28.9 Å². The maximum absolute atomic E-state index is 5.97. The van der Waals surface area contributed by atoms with Crippen LogP contribution in [0.15, 0.2) is 28.8 Å². The number of nitrogens with zero attached hydrogens (tertiary/aromatic N) is 3. The third-order valence-electron chi connectivity index (χ3n) is 3.36. The van der Waals surface area contributed by atoms with E-state index in [0.717, 1.165) is 25.2 Å². The van der Waals surface area contributed by atoms with Crippen molar-refractivity contribution in [1.29, 1.82) is 0 Å². The van der Waals surface area contributed by atoms with Gasteiger partial charge in [0.25, 0.3) is 0 Å². The van der Waals surface area contributed by atoms with Crippen LogP contribution in [0.4, 0.5) is 0 Å². The molecule has 20 heavy (non-hydrogen) atoms. The molecule has 0 amide bonds. The molecule has 0 saturated carbocycles. The molecule has 2 heterocycles. The van der Waals surface area contributed by atoms with Gasteiger partial charge in [-0.2, -0.15) is 4.98 Å². The fraction of sp³-hybridized carbons (Fsp3) is 0.429. The molecule has 0 aliphatic carbocycles. The second kappa shape index (κ2) is 5.91. The number of nitrogens with one attached hydrogen (secondary N) is 1. The van der Waals surface area contributed by atoms with Crippen molar-refractivity contribution in [1.82, 2.24) is 20.4 Å². The highest BCUT2D eigenvalue weighted by molar-refractivity contribution is 6.30. The van der Waals surface area contributed by atoms with E-state index >= 15 is 0 Å². The number of piperazine rings is 1. The van der Waals surface area contributed by atoms with E-state index in [9.17, 15) is 0 Å². The van der Waals surface area contributed by atoms with Gasteiger partial charge in [0.15, 0.2) is 0 Å². The lowest BCUT2D eigenvalue weighted by molar-refractivity contribution is 0.177. The molecule has 6 heteroatoms. The number of hydrogen-bond acceptors (Lipinski definition) is 5. The Morgan fingerprint density at radius 2 is 2.40 bits per heavy atom. The van der Waals surface area contributed by atoms with Gasteiger partial charge in [-0.05, 0) is 19.1 Å². The van der Waals surface area contributed by atoms with Crippen LogP contribution in [0.25, 0.3) is 11.4 Å². The van der Waals surface area contributed by atoms with Crippen LogP contribution in [0, 0.1) is 0 Å². The van der Waals surface area contributed by atoms with Crippen LogP contribution in [0.2, 0.25) is 5.02 Å². The minimum absolute atomic E-state index is 0.499. The van der Waals surface area contributed by atoms with Crippen LogP contribution in [0.3, 0.4) is 0 Å². The Morgan fingerprint density at radius 3 is 3.20 bits per heavy atom. The predicted octanol–water partition coefficient (Wildman–Crippen LogP) is 2.18. The molecule has 1 atom stereocenters. The quantitative estimate of drug-likeness (QED) is 0.940. The second-order valence-electron chi connectivity index (χ2n) is 5.11. The summed E-state index contributed by atoms with van der Waals surface area (Å²) in [6, 6.07) is 7.97. The Kier molecular flexibility index (Phi) is 4.00. The summed E-state index contributed by atoms with van der Waals surface area (Å²) in [6.45, 7) is 5.86. The van der Waals surface area contributed by atoms with Gasteiger partial charge in [-0.15, -0.1) is 0 Å². The van der Waals surface area contributed by atoms with Crippen molar-refractivity contribution < 1.29 is 4.52 Å².